The van der Waals surface area contributed by atoms with E-state index < -0.39 is 0 Å². The number of hydrogen-bond donors (Lipinski definition) is 0. The summed E-state index contributed by atoms with van der Waals surface area (Å²) < 4.78 is 11.4. The number of carbonyl (C=O) groups is 1. The number of aromatic nitrogens is 1. The number of hydrogen-bond acceptors (Lipinski definition) is 5. The first-order valence-electron chi connectivity index (χ1n) is 9.72. The van der Waals surface area contributed by atoms with Crippen LogP contribution >= 0.6 is 11.3 Å². The highest BCUT2D eigenvalue weighted by molar-refractivity contribution is 7.07. The van der Waals surface area contributed by atoms with E-state index >= 15 is 0 Å². The molecule has 0 saturated carbocycles. The van der Waals surface area contributed by atoms with Crippen LogP contribution in [0.25, 0.3) is 10.8 Å². The van der Waals surface area contributed by atoms with Crippen molar-refractivity contribution in [2.45, 2.75) is 38.3 Å². The molecule has 0 bridgehead atoms. The molecule has 3 aromatic rings. The molecule has 5 nitrogen and oxygen atoms in total. The van der Waals surface area contributed by atoms with E-state index in [2.05, 4.69) is 29.2 Å². The summed E-state index contributed by atoms with van der Waals surface area (Å²) in [6.45, 7) is 1.56. The van der Waals surface area contributed by atoms with Crippen molar-refractivity contribution < 1.29 is 14.3 Å². The Labute approximate surface area is 168 Å². The van der Waals surface area contributed by atoms with Crippen LogP contribution in [0.2, 0.25) is 0 Å². The molecule has 0 aliphatic carbocycles. The highest BCUT2D eigenvalue weighted by Crippen LogP contribution is 2.23. The first-order valence-corrected chi connectivity index (χ1v) is 10.7. The van der Waals surface area contributed by atoms with Gasteiger partial charge in [-0.25, -0.2) is 9.78 Å². The number of rotatable bonds is 6. The molecule has 1 saturated heterocycles. The van der Waals surface area contributed by atoms with Gasteiger partial charge in [0.2, 0.25) is 0 Å². The smallest absolute Gasteiger partial charge is 0.410 e. The first-order chi connectivity index (χ1) is 13.8. The summed E-state index contributed by atoms with van der Waals surface area (Å²) in [5, 5.41) is 4.28. The zero-order valence-electron chi connectivity index (χ0n) is 15.8. The van der Waals surface area contributed by atoms with Crippen LogP contribution in [-0.4, -0.2) is 35.2 Å². The minimum atomic E-state index is -0.247. The fourth-order valence-electron chi connectivity index (χ4n) is 3.64. The molecule has 0 spiro atoms. The maximum Gasteiger partial charge on any atom is 0.410 e. The van der Waals surface area contributed by atoms with Gasteiger partial charge in [-0.15, -0.1) is 11.3 Å². The first kappa shape index (κ1) is 18.7. The molecule has 6 heteroatoms. The number of thiazole rings is 1. The second kappa shape index (κ2) is 9.06. The monoisotopic (exact) mass is 396 g/mol. The Bertz CT molecular complexity index is 913. The van der Waals surface area contributed by atoms with Crippen molar-refractivity contribution in [1.29, 1.82) is 0 Å². The van der Waals surface area contributed by atoms with Crippen molar-refractivity contribution >= 4 is 28.2 Å². The number of benzene rings is 2. The zero-order valence-corrected chi connectivity index (χ0v) is 16.6. The van der Waals surface area contributed by atoms with Crippen LogP contribution in [0.1, 0.15) is 31.4 Å². The van der Waals surface area contributed by atoms with Crippen molar-refractivity contribution in [1.82, 2.24) is 9.88 Å². The molecule has 28 heavy (non-hydrogen) atoms. The van der Waals surface area contributed by atoms with E-state index in [4.69, 9.17) is 9.47 Å². The second-order valence-corrected chi connectivity index (χ2v) is 7.74. The van der Waals surface area contributed by atoms with Gasteiger partial charge in [0.15, 0.2) is 0 Å². The van der Waals surface area contributed by atoms with Crippen LogP contribution < -0.4 is 4.74 Å². The third-order valence-electron chi connectivity index (χ3n) is 5.13. The Kier molecular flexibility index (Phi) is 6.07. The maximum atomic E-state index is 12.5. The van der Waals surface area contributed by atoms with Crippen molar-refractivity contribution in [2.24, 2.45) is 0 Å². The lowest BCUT2D eigenvalue weighted by Gasteiger charge is -2.34. The van der Waals surface area contributed by atoms with Crippen LogP contribution in [0.15, 0.2) is 53.4 Å². The van der Waals surface area contributed by atoms with Crippen LogP contribution in [0.5, 0.6) is 5.75 Å². The van der Waals surface area contributed by atoms with E-state index in [1.54, 1.807) is 5.51 Å². The third-order valence-corrected chi connectivity index (χ3v) is 5.76. The Balaban J connectivity index is 1.30. The number of piperidine rings is 1. The largest absolute Gasteiger partial charge is 0.493 e. The zero-order chi connectivity index (χ0) is 19.2. The molecule has 2 aromatic carbocycles. The summed E-state index contributed by atoms with van der Waals surface area (Å²) in [6, 6.07) is 14.6. The maximum absolute atomic E-state index is 12.5. The number of likely N-dealkylation sites (tertiary alicyclic amines) is 1. The van der Waals surface area contributed by atoms with Gasteiger partial charge in [0.1, 0.15) is 12.4 Å². The molecular formula is C22H24N2O3S. The van der Waals surface area contributed by atoms with Gasteiger partial charge < -0.3 is 14.4 Å². The minimum Gasteiger partial charge on any atom is -0.493 e. The molecule has 2 heterocycles. The molecular weight excluding hydrogens is 372 g/mol. The number of carbonyl (C=O) groups excluding carboxylic acids is 1. The highest BCUT2D eigenvalue weighted by Gasteiger charge is 2.27. The fourth-order valence-corrected chi connectivity index (χ4v) is 4.18. The average molecular weight is 397 g/mol. The average Bonchev–Trinajstić information content (AvgIpc) is 3.26. The van der Waals surface area contributed by atoms with Crippen molar-refractivity contribution in [2.75, 3.05) is 13.2 Å². The Morgan fingerprint density at radius 2 is 2.07 bits per heavy atom. The van der Waals surface area contributed by atoms with E-state index in [1.807, 2.05) is 28.5 Å². The van der Waals surface area contributed by atoms with Gasteiger partial charge in [-0.2, -0.15) is 0 Å². The van der Waals surface area contributed by atoms with Crippen LogP contribution in [0, 0.1) is 0 Å². The topological polar surface area (TPSA) is 51.7 Å². The van der Waals surface area contributed by atoms with Gasteiger partial charge in [-0.1, -0.05) is 30.3 Å². The summed E-state index contributed by atoms with van der Waals surface area (Å²) in [4.78, 5) is 18.5. The molecule has 1 unspecified atom stereocenters. The lowest BCUT2D eigenvalue weighted by atomic mass is 10.0. The van der Waals surface area contributed by atoms with E-state index in [-0.39, 0.29) is 18.7 Å². The molecule has 1 aromatic heterocycles. The normalized spacial score (nSPS) is 16.9. The van der Waals surface area contributed by atoms with Crippen LogP contribution in [0.4, 0.5) is 4.79 Å². The predicted octanol–water partition coefficient (Wildman–Crippen LogP) is 5.26. The van der Waals surface area contributed by atoms with Gasteiger partial charge >= 0.3 is 6.09 Å². The summed E-state index contributed by atoms with van der Waals surface area (Å²) in [6.07, 6.45) is 3.71. The van der Waals surface area contributed by atoms with Crippen molar-refractivity contribution in [3.63, 3.8) is 0 Å². The van der Waals surface area contributed by atoms with Gasteiger partial charge in [-0.3, -0.25) is 0 Å². The fraction of sp³-hybridized carbons (Fsp3) is 0.364. The molecule has 1 aliphatic rings. The van der Waals surface area contributed by atoms with Crippen molar-refractivity contribution in [3.8, 4) is 5.75 Å². The van der Waals surface area contributed by atoms with Gasteiger partial charge in [0, 0.05) is 24.4 Å². The Morgan fingerprint density at radius 1 is 1.18 bits per heavy atom. The SMILES string of the molecule is O=C(OCc1cscn1)N1CCCCC1CCOc1ccc2ccccc2c1. The standard InChI is InChI=1S/C22H24N2O3S/c25-22(27-14-19-15-28-16-23-19)24-11-4-3-7-20(24)10-12-26-21-9-8-17-5-1-2-6-18(17)13-21/h1-2,5-6,8-9,13,15-16,20H,3-4,7,10-12,14H2. The highest BCUT2D eigenvalue weighted by atomic mass is 32.1. The molecule has 1 atom stereocenters. The third kappa shape index (κ3) is 4.62. The number of nitrogens with zero attached hydrogens (tertiary/aromatic N) is 2. The van der Waals surface area contributed by atoms with E-state index in [0.29, 0.717) is 6.61 Å². The van der Waals surface area contributed by atoms with Gasteiger partial charge in [0.05, 0.1) is 17.8 Å². The lowest BCUT2D eigenvalue weighted by molar-refractivity contribution is 0.0616. The second-order valence-electron chi connectivity index (χ2n) is 7.02. The van der Waals surface area contributed by atoms with Crippen LogP contribution in [0.3, 0.4) is 0 Å². The minimum absolute atomic E-state index is 0.164. The molecule has 1 aliphatic heterocycles. The summed E-state index contributed by atoms with van der Waals surface area (Å²) >= 11 is 1.50. The van der Waals surface area contributed by atoms with Gasteiger partial charge in [0.25, 0.3) is 0 Å². The molecule has 0 radical (unpaired) electrons. The molecule has 1 fully saturated rings. The van der Waals surface area contributed by atoms with E-state index in [1.165, 1.54) is 22.1 Å². The summed E-state index contributed by atoms with van der Waals surface area (Å²) in [5.41, 5.74) is 2.54. The molecule has 146 valence electrons. The quantitative estimate of drug-likeness (QED) is 0.570. The van der Waals surface area contributed by atoms with Crippen LogP contribution in [-0.2, 0) is 11.3 Å². The van der Waals surface area contributed by atoms with E-state index in [0.717, 1.165) is 43.7 Å². The Morgan fingerprint density at radius 3 is 2.93 bits per heavy atom. The van der Waals surface area contributed by atoms with Gasteiger partial charge in [-0.05, 0) is 42.2 Å². The summed E-state index contributed by atoms with van der Waals surface area (Å²) in [5.74, 6) is 0.868. The van der Waals surface area contributed by atoms with Crippen molar-refractivity contribution in [3.05, 3.63) is 59.0 Å². The number of fused-ring (bicyclic) bond motifs is 1. The van der Waals surface area contributed by atoms with E-state index in [9.17, 15) is 4.79 Å². The lowest BCUT2D eigenvalue weighted by Crippen LogP contribution is -2.44. The summed E-state index contributed by atoms with van der Waals surface area (Å²) in [7, 11) is 0. The number of amides is 1. The number of ether oxygens (including phenoxy) is 2. The molecule has 1 amide bonds. The molecule has 0 N–H and O–H groups in total. The molecule has 4 rings (SSSR count). The Hall–Kier alpha value is -2.60. The predicted molar refractivity (Wildman–Crippen MR) is 111 cm³/mol.